The van der Waals surface area contributed by atoms with Crippen LogP contribution in [0.1, 0.15) is 33.4 Å². The average molecular weight is 306 g/mol. The SMILES string of the molecule is Cc1cc(-c2csc(NC(C)C)n2)c(=O)n(CC(C)C)n1. The maximum atomic E-state index is 12.5. The molecule has 2 aromatic rings. The summed E-state index contributed by atoms with van der Waals surface area (Å²) in [5, 5.41) is 10.3. The van der Waals surface area contributed by atoms with Gasteiger partial charge in [-0.25, -0.2) is 9.67 Å². The van der Waals surface area contributed by atoms with Crippen LogP contribution in [0.15, 0.2) is 16.2 Å². The molecule has 5 nitrogen and oxygen atoms in total. The zero-order chi connectivity index (χ0) is 15.6. The van der Waals surface area contributed by atoms with Crippen LogP contribution in [-0.4, -0.2) is 20.8 Å². The summed E-state index contributed by atoms with van der Waals surface area (Å²) >= 11 is 1.52. The van der Waals surface area contributed by atoms with E-state index in [1.54, 1.807) is 4.68 Å². The normalized spacial score (nSPS) is 11.4. The standard InChI is InChI=1S/C15H22N4OS/c1-9(2)7-19-14(20)12(6-11(5)18-19)13-8-21-15(17-13)16-10(3)4/h6,8-10H,7H2,1-5H3,(H,16,17). The van der Waals surface area contributed by atoms with E-state index in [4.69, 9.17) is 0 Å². The van der Waals surface area contributed by atoms with Gasteiger partial charge in [0.15, 0.2) is 5.13 Å². The van der Waals surface area contributed by atoms with Crippen molar-refractivity contribution in [3.05, 3.63) is 27.5 Å². The minimum atomic E-state index is -0.0734. The lowest BCUT2D eigenvalue weighted by Crippen LogP contribution is -2.27. The minimum absolute atomic E-state index is 0.0734. The number of anilines is 1. The number of thiazole rings is 1. The summed E-state index contributed by atoms with van der Waals surface area (Å²) in [5.74, 6) is 0.374. The summed E-state index contributed by atoms with van der Waals surface area (Å²) in [4.78, 5) is 17.0. The highest BCUT2D eigenvalue weighted by atomic mass is 32.1. The number of hydrogen-bond donors (Lipinski definition) is 1. The van der Waals surface area contributed by atoms with Crippen molar-refractivity contribution >= 4 is 16.5 Å². The summed E-state index contributed by atoms with van der Waals surface area (Å²) in [6.45, 7) is 10.8. The molecular weight excluding hydrogens is 284 g/mol. The number of nitrogens with zero attached hydrogens (tertiary/aromatic N) is 3. The molecule has 0 radical (unpaired) electrons. The van der Waals surface area contributed by atoms with E-state index in [0.29, 0.717) is 24.1 Å². The Hall–Kier alpha value is -1.69. The van der Waals surface area contributed by atoms with Gasteiger partial charge in [-0.1, -0.05) is 13.8 Å². The third-order valence-electron chi connectivity index (χ3n) is 2.83. The van der Waals surface area contributed by atoms with Crippen molar-refractivity contribution in [3.63, 3.8) is 0 Å². The Morgan fingerprint density at radius 3 is 2.67 bits per heavy atom. The van der Waals surface area contributed by atoms with E-state index in [1.807, 2.05) is 18.4 Å². The maximum absolute atomic E-state index is 12.5. The monoisotopic (exact) mass is 306 g/mol. The van der Waals surface area contributed by atoms with Crippen molar-refractivity contribution in [2.45, 2.75) is 47.2 Å². The second kappa shape index (κ2) is 6.39. The highest BCUT2D eigenvalue weighted by molar-refractivity contribution is 7.14. The Bertz CT molecular complexity index is 673. The number of hydrogen-bond acceptors (Lipinski definition) is 5. The van der Waals surface area contributed by atoms with Gasteiger partial charge in [0.05, 0.1) is 17.0 Å². The molecule has 2 aromatic heterocycles. The van der Waals surface area contributed by atoms with Crippen LogP contribution in [0.5, 0.6) is 0 Å². The van der Waals surface area contributed by atoms with Crippen LogP contribution in [-0.2, 0) is 6.54 Å². The topological polar surface area (TPSA) is 59.8 Å². The Morgan fingerprint density at radius 2 is 2.05 bits per heavy atom. The molecule has 0 saturated carbocycles. The van der Waals surface area contributed by atoms with E-state index in [-0.39, 0.29) is 5.56 Å². The summed E-state index contributed by atoms with van der Waals surface area (Å²) in [5.41, 5.74) is 2.10. The van der Waals surface area contributed by atoms with Gasteiger partial charge < -0.3 is 5.32 Å². The predicted molar refractivity (Wildman–Crippen MR) is 87.9 cm³/mol. The highest BCUT2D eigenvalue weighted by Gasteiger charge is 2.13. The lowest BCUT2D eigenvalue weighted by atomic mass is 10.2. The third-order valence-corrected chi connectivity index (χ3v) is 3.60. The zero-order valence-corrected chi connectivity index (χ0v) is 14.0. The Balaban J connectivity index is 2.41. The molecule has 0 aliphatic heterocycles. The van der Waals surface area contributed by atoms with Gasteiger partial charge in [0.1, 0.15) is 0 Å². The zero-order valence-electron chi connectivity index (χ0n) is 13.2. The molecule has 0 aromatic carbocycles. The molecule has 0 spiro atoms. The molecule has 2 rings (SSSR count). The van der Waals surface area contributed by atoms with Crippen molar-refractivity contribution in [2.24, 2.45) is 5.92 Å². The summed E-state index contributed by atoms with van der Waals surface area (Å²) < 4.78 is 1.55. The molecule has 0 aliphatic rings. The lowest BCUT2D eigenvalue weighted by molar-refractivity contribution is 0.461. The van der Waals surface area contributed by atoms with E-state index >= 15 is 0 Å². The number of nitrogens with one attached hydrogen (secondary N) is 1. The highest BCUT2D eigenvalue weighted by Crippen LogP contribution is 2.23. The Morgan fingerprint density at radius 1 is 1.33 bits per heavy atom. The van der Waals surface area contributed by atoms with Gasteiger partial charge in [-0.2, -0.15) is 5.10 Å². The van der Waals surface area contributed by atoms with Crippen molar-refractivity contribution < 1.29 is 0 Å². The molecule has 1 N–H and O–H groups in total. The number of rotatable bonds is 5. The second-order valence-corrected chi connectivity index (χ2v) is 6.78. The first-order chi connectivity index (χ1) is 9.86. The van der Waals surface area contributed by atoms with Crippen LogP contribution >= 0.6 is 11.3 Å². The van der Waals surface area contributed by atoms with E-state index in [9.17, 15) is 4.79 Å². The van der Waals surface area contributed by atoms with Gasteiger partial charge >= 0.3 is 0 Å². The molecule has 0 aliphatic carbocycles. The van der Waals surface area contributed by atoms with E-state index in [0.717, 1.165) is 16.5 Å². The molecule has 114 valence electrons. The predicted octanol–water partition coefficient (Wildman–Crippen LogP) is 3.15. The van der Waals surface area contributed by atoms with Crippen molar-refractivity contribution in [3.8, 4) is 11.3 Å². The van der Waals surface area contributed by atoms with Crippen LogP contribution in [0.25, 0.3) is 11.3 Å². The molecule has 0 unspecified atom stereocenters. The van der Waals surface area contributed by atoms with Gasteiger partial charge in [0.25, 0.3) is 5.56 Å². The molecule has 0 atom stereocenters. The first-order valence-corrected chi connectivity index (χ1v) is 8.06. The molecule has 21 heavy (non-hydrogen) atoms. The molecule has 0 saturated heterocycles. The largest absolute Gasteiger partial charge is 0.359 e. The fourth-order valence-electron chi connectivity index (χ4n) is 2.04. The van der Waals surface area contributed by atoms with Crippen LogP contribution < -0.4 is 10.9 Å². The van der Waals surface area contributed by atoms with Crippen LogP contribution in [0.2, 0.25) is 0 Å². The third kappa shape index (κ3) is 3.91. The molecule has 6 heteroatoms. The van der Waals surface area contributed by atoms with Gasteiger partial charge in [-0.05, 0) is 32.8 Å². The maximum Gasteiger partial charge on any atom is 0.276 e. The summed E-state index contributed by atoms with van der Waals surface area (Å²) in [6.07, 6.45) is 0. The first-order valence-electron chi connectivity index (χ1n) is 7.18. The molecule has 2 heterocycles. The van der Waals surface area contributed by atoms with Crippen molar-refractivity contribution in [1.82, 2.24) is 14.8 Å². The fraction of sp³-hybridized carbons (Fsp3) is 0.533. The van der Waals surface area contributed by atoms with Crippen LogP contribution in [0.4, 0.5) is 5.13 Å². The number of aryl methyl sites for hydroxylation is 1. The average Bonchev–Trinajstić information content (AvgIpc) is 2.80. The van der Waals surface area contributed by atoms with Gasteiger partial charge in [0, 0.05) is 18.0 Å². The summed E-state index contributed by atoms with van der Waals surface area (Å²) in [7, 11) is 0. The van der Waals surface area contributed by atoms with Gasteiger partial charge in [-0.3, -0.25) is 4.79 Å². The van der Waals surface area contributed by atoms with Crippen LogP contribution in [0.3, 0.4) is 0 Å². The van der Waals surface area contributed by atoms with E-state index in [1.165, 1.54) is 11.3 Å². The Kier molecular flexibility index (Phi) is 4.77. The molecule has 0 amide bonds. The lowest BCUT2D eigenvalue weighted by Gasteiger charge is -2.10. The van der Waals surface area contributed by atoms with Crippen molar-refractivity contribution in [1.29, 1.82) is 0 Å². The van der Waals surface area contributed by atoms with Crippen LogP contribution in [0, 0.1) is 12.8 Å². The van der Waals surface area contributed by atoms with E-state index < -0.39 is 0 Å². The quantitative estimate of drug-likeness (QED) is 0.922. The van der Waals surface area contributed by atoms with Crippen molar-refractivity contribution in [2.75, 3.05) is 5.32 Å². The molecule has 0 fully saturated rings. The molecule has 0 bridgehead atoms. The van der Waals surface area contributed by atoms with Gasteiger partial charge in [0.2, 0.25) is 0 Å². The fourth-order valence-corrected chi connectivity index (χ4v) is 2.90. The summed E-state index contributed by atoms with van der Waals surface area (Å²) in [6, 6.07) is 2.13. The van der Waals surface area contributed by atoms with E-state index in [2.05, 4.69) is 43.1 Å². The first kappa shape index (κ1) is 15.7. The van der Waals surface area contributed by atoms with Gasteiger partial charge in [-0.15, -0.1) is 11.3 Å². The Labute approximate surface area is 129 Å². The smallest absolute Gasteiger partial charge is 0.276 e. The number of aromatic nitrogens is 3. The second-order valence-electron chi connectivity index (χ2n) is 5.92. The molecular formula is C15H22N4OS. The minimum Gasteiger partial charge on any atom is -0.359 e.